The van der Waals surface area contributed by atoms with Crippen LogP contribution < -0.4 is 4.43 Å². The van der Waals surface area contributed by atoms with Gasteiger partial charge in [0.2, 0.25) is 0 Å². The zero-order valence-corrected chi connectivity index (χ0v) is 20.5. The predicted octanol–water partition coefficient (Wildman–Crippen LogP) is 8.19. The second kappa shape index (κ2) is 8.10. The Hall–Kier alpha value is -1.87. The highest BCUT2D eigenvalue weighted by molar-refractivity contribution is 6.74. The van der Waals surface area contributed by atoms with E-state index in [1.54, 1.807) is 0 Å². The van der Waals surface area contributed by atoms with Crippen LogP contribution in [0.1, 0.15) is 72.6 Å². The first-order valence-electron chi connectivity index (χ1n) is 11.2. The van der Waals surface area contributed by atoms with Crippen molar-refractivity contribution in [2.24, 2.45) is 0 Å². The molecule has 0 amide bonds. The summed E-state index contributed by atoms with van der Waals surface area (Å²) in [5.41, 5.74) is 3.53. The minimum atomic E-state index is -1.84. The molecule has 29 heavy (non-hydrogen) atoms. The lowest BCUT2D eigenvalue weighted by atomic mass is 9.84. The number of fused-ring (bicyclic) bond motifs is 3. The van der Waals surface area contributed by atoms with E-state index in [0.717, 1.165) is 35.1 Å². The lowest BCUT2D eigenvalue weighted by Crippen LogP contribution is -2.40. The number of benzene rings is 2. The number of nitrogens with zero attached hydrogens (tertiary/aromatic N) is 1. The van der Waals surface area contributed by atoms with Gasteiger partial charge in [0.05, 0.1) is 5.52 Å². The molecule has 1 aromatic heterocycles. The molecular weight excluding hydrogens is 370 g/mol. The van der Waals surface area contributed by atoms with Crippen molar-refractivity contribution < 1.29 is 4.43 Å². The number of rotatable bonds is 6. The molecule has 0 radical (unpaired) electrons. The molecule has 0 aliphatic carbocycles. The van der Waals surface area contributed by atoms with Crippen LogP contribution in [0, 0.1) is 0 Å². The number of hydrogen-bond donors (Lipinski definition) is 0. The molecule has 0 unspecified atom stereocenters. The maximum Gasteiger partial charge on any atom is 0.250 e. The average molecular weight is 408 g/mol. The van der Waals surface area contributed by atoms with E-state index in [-0.39, 0.29) is 5.41 Å². The Balaban J connectivity index is 2.44. The van der Waals surface area contributed by atoms with Crippen LogP contribution >= 0.6 is 0 Å². The Labute approximate surface area is 177 Å². The summed E-state index contributed by atoms with van der Waals surface area (Å²) in [4.78, 5) is 5.13. The van der Waals surface area contributed by atoms with E-state index in [2.05, 4.69) is 91.8 Å². The number of aromatic nitrogens is 1. The molecule has 0 fully saturated rings. The highest BCUT2D eigenvalue weighted by atomic mass is 28.4. The van der Waals surface area contributed by atoms with E-state index in [4.69, 9.17) is 9.41 Å². The van der Waals surface area contributed by atoms with Gasteiger partial charge in [0.1, 0.15) is 5.75 Å². The highest BCUT2D eigenvalue weighted by Gasteiger charge is 2.34. The molecule has 3 aromatic rings. The molecule has 2 nitrogen and oxygen atoms in total. The zero-order valence-electron chi connectivity index (χ0n) is 19.5. The summed E-state index contributed by atoms with van der Waals surface area (Å²) in [7, 11) is -1.84. The fourth-order valence-electron chi connectivity index (χ4n) is 4.18. The smallest absolute Gasteiger partial charge is 0.250 e. The molecule has 3 rings (SSSR count). The van der Waals surface area contributed by atoms with Gasteiger partial charge in [0, 0.05) is 16.5 Å². The molecule has 0 saturated carbocycles. The SMILES string of the molecule is CC[Si](CC)(CC)Oc1c(C(C)(C)C)ccc2ccc3ccc(C(C)C)nc3c12. The van der Waals surface area contributed by atoms with Crippen LogP contribution in [0.15, 0.2) is 36.4 Å². The Morgan fingerprint density at radius 3 is 1.97 bits per heavy atom. The Bertz CT molecular complexity index is 1000. The van der Waals surface area contributed by atoms with Crippen molar-refractivity contribution >= 4 is 30.0 Å². The van der Waals surface area contributed by atoms with Crippen LogP contribution in [-0.4, -0.2) is 13.3 Å². The third-order valence-electron chi connectivity index (χ3n) is 6.47. The molecule has 0 saturated heterocycles. The van der Waals surface area contributed by atoms with E-state index < -0.39 is 8.32 Å². The van der Waals surface area contributed by atoms with Gasteiger partial charge in [-0.1, -0.05) is 85.7 Å². The van der Waals surface area contributed by atoms with Crippen LogP contribution in [0.3, 0.4) is 0 Å². The minimum Gasteiger partial charge on any atom is -0.543 e. The van der Waals surface area contributed by atoms with Crippen LogP contribution in [-0.2, 0) is 5.41 Å². The van der Waals surface area contributed by atoms with Gasteiger partial charge in [-0.2, -0.15) is 0 Å². The van der Waals surface area contributed by atoms with Crippen molar-refractivity contribution in [2.45, 2.75) is 84.9 Å². The first-order chi connectivity index (χ1) is 13.7. The molecule has 0 N–H and O–H groups in total. The summed E-state index contributed by atoms with van der Waals surface area (Å²) >= 11 is 0. The monoisotopic (exact) mass is 407 g/mol. The zero-order chi connectivity index (χ0) is 21.4. The fraction of sp³-hybridized carbons (Fsp3) is 0.500. The molecule has 0 bridgehead atoms. The molecule has 3 heteroatoms. The van der Waals surface area contributed by atoms with E-state index in [0.29, 0.717) is 5.92 Å². The summed E-state index contributed by atoms with van der Waals surface area (Å²) in [6.07, 6.45) is 0. The second-order valence-corrected chi connectivity index (χ2v) is 14.4. The Kier molecular flexibility index (Phi) is 6.10. The van der Waals surface area contributed by atoms with Gasteiger partial charge in [0.15, 0.2) is 0 Å². The molecule has 156 valence electrons. The molecule has 2 aromatic carbocycles. The maximum absolute atomic E-state index is 7.13. The van der Waals surface area contributed by atoms with Crippen molar-refractivity contribution in [3.05, 3.63) is 47.7 Å². The normalized spacial score (nSPS) is 12.9. The van der Waals surface area contributed by atoms with Gasteiger partial charge in [-0.15, -0.1) is 0 Å². The summed E-state index contributed by atoms with van der Waals surface area (Å²) in [5, 5.41) is 3.61. The molecule has 0 atom stereocenters. The van der Waals surface area contributed by atoms with Crippen molar-refractivity contribution in [2.75, 3.05) is 0 Å². The van der Waals surface area contributed by atoms with Gasteiger partial charge in [-0.25, -0.2) is 0 Å². The van der Waals surface area contributed by atoms with Crippen molar-refractivity contribution in [3.8, 4) is 5.75 Å². The largest absolute Gasteiger partial charge is 0.543 e. The summed E-state index contributed by atoms with van der Waals surface area (Å²) < 4.78 is 7.13. The van der Waals surface area contributed by atoms with Crippen molar-refractivity contribution in [1.82, 2.24) is 4.98 Å². The van der Waals surface area contributed by atoms with Gasteiger partial charge < -0.3 is 4.43 Å². The standard InChI is InChI=1S/C26H37NOSi/c1-9-29(10-2,11-3)28-25-21(26(6,7)8)16-14-19-12-13-20-15-17-22(18(4)5)27-24(20)23(19)25/h12-18H,9-11H2,1-8H3. The van der Waals surface area contributed by atoms with Crippen LogP contribution in [0.4, 0.5) is 0 Å². The predicted molar refractivity (Wildman–Crippen MR) is 130 cm³/mol. The topological polar surface area (TPSA) is 22.1 Å². The number of hydrogen-bond acceptors (Lipinski definition) is 2. The van der Waals surface area contributed by atoms with E-state index >= 15 is 0 Å². The molecular formula is C26H37NOSi. The molecule has 0 aliphatic heterocycles. The van der Waals surface area contributed by atoms with E-state index in [1.165, 1.54) is 21.7 Å². The number of pyridine rings is 1. The first kappa shape index (κ1) is 21.8. The highest BCUT2D eigenvalue weighted by Crippen LogP contribution is 2.42. The van der Waals surface area contributed by atoms with Crippen LogP contribution in [0.5, 0.6) is 5.75 Å². The molecule has 0 spiro atoms. The summed E-state index contributed by atoms with van der Waals surface area (Å²) in [5.74, 6) is 1.49. The van der Waals surface area contributed by atoms with Gasteiger partial charge >= 0.3 is 0 Å². The average Bonchev–Trinajstić information content (AvgIpc) is 2.70. The quantitative estimate of drug-likeness (QED) is 0.303. The lowest BCUT2D eigenvalue weighted by Gasteiger charge is -2.33. The fourth-order valence-corrected chi connectivity index (χ4v) is 6.76. The van der Waals surface area contributed by atoms with Gasteiger partial charge in [0.25, 0.3) is 8.32 Å². The molecule has 0 aliphatic rings. The third-order valence-corrected chi connectivity index (χ3v) is 11.0. The third kappa shape index (κ3) is 4.07. The van der Waals surface area contributed by atoms with Crippen molar-refractivity contribution in [1.29, 1.82) is 0 Å². The van der Waals surface area contributed by atoms with Gasteiger partial charge in [-0.3, -0.25) is 4.98 Å². The first-order valence-corrected chi connectivity index (χ1v) is 13.7. The maximum atomic E-state index is 7.13. The van der Waals surface area contributed by atoms with Crippen LogP contribution in [0.25, 0.3) is 21.7 Å². The minimum absolute atomic E-state index is 0.0106. The summed E-state index contributed by atoms with van der Waals surface area (Å²) in [6, 6.07) is 16.7. The second-order valence-electron chi connectivity index (χ2n) is 9.66. The van der Waals surface area contributed by atoms with Crippen LogP contribution in [0.2, 0.25) is 18.1 Å². The van der Waals surface area contributed by atoms with Crippen molar-refractivity contribution in [3.63, 3.8) is 0 Å². The van der Waals surface area contributed by atoms with E-state index in [9.17, 15) is 0 Å². The lowest BCUT2D eigenvalue weighted by molar-refractivity contribution is 0.499. The summed E-state index contributed by atoms with van der Waals surface area (Å²) in [6.45, 7) is 18.2. The Morgan fingerprint density at radius 2 is 1.41 bits per heavy atom. The molecule has 1 heterocycles. The Morgan fingerprint density at radius 1 is 0.862 bits per heavy atom. The van der Waals surface area contributed by atoms with E-state index in [1.807, 2.05) is 0 Å². The van der Waals surface area contributed by atoms with Gasteiger partial charge in [-0.05, 0) is 46.5 Å².